The maximum absolute atomic E-state index is 9.43. The van der Waals surface area contributed by atoms with Crippen LogP contribution in [0.25, 0.3) is 16.3 Å². The fourth-order valence-corrected chi connectivity index (χ4v) is 5.17. The van der Waals surface area contributed by atoms with E-state index in [9.17, 15) is 5.26 Å². The van der Waals surface area contributed by atoms with Gasteiger partial charge in [0.1, 0.15) is 6.07 Å². The molecule has 0 N–H and O–H groups in total. The van der Waals surface area contributed by atoms with Crippen LogP contribution in [0.1, 0.15) is 11.1 Å². The van der Waals surface area contributed by atoms with Gasteiger partial charge in [0.25, 0.3) is 0 Å². The molecule has 0 bridgehead atoms. The molecule has 0 unspecified atom stereocenters. The third-order valence-corrected chi connectivity index (χ3v) is 6.86. The Morgan fingerprint density at radius 2 is 1.96 bits per heavy atom. The maximum Gasteiger partial charge on any atom is 0.156 e. The van der Waals surface area contributed by atoms with Crippen LogP contribution in [-0.2, 0) is 0 Å². The molecule has 3 aromatic rings. The third kappa shape index (κ3) is 3.86. The molecule has 0 amide bonds. The lowest BCUT2D eigenvalue weighted by atomic mass is 10.1. The summed E-state index contributed by atoms with van der Waals surface area (Å²) >= 11 is 10.1. The highest BCUT2D eigenvalue weighted by molar-refractivity contribution is 9.11. The van der Waals surface area contributed by atoms with Gasteiger partial charge in [-0.15, -0.1) is 11.3 Å². The number of fused-ring (bicyclic) bond motifs is 1. The van der Waals surface area contributed by atoms with Crippen molar-refractivity contribution in [1.82, 2.24) is 4.98 Å². The molecule has 114 valence electrons. The van der Waals surface area contributed by atoms with E-state index in [1.807, 2.05) is 49.4 Å². The van der Waals surface area contributed by atoms with E-state index in [2.05, 4.69) is 42.9 Å². The number of thiazole rings is 1. The van der Waals surface area contributed by atoms with Gasteiger partial charge in [0, 0.05) is 8.95 Å². The van der Waals surface area contributed by atoms with Crippen molar-refractivity contribution < 1.29 is 0 Å². The summed E-state index contributed by atoms with van der Waals surface area (Å²) in [5.74, 6) is 0. The van der Waals surface area contributed by atoms with Crippen LogP contribution in [0.4, 0.5) is 0 Å². The third-order valence-electron chi connectivity index (χ3n) is 3.18. The first kappa shape index (κ1) is 16.7. The number of aromatic nitrogens is 1. The second-order valence-electron chi connectivity index (χ2n) is 4.78. The van der Waals surface area contributed by atoms with Crippen molar-refractivity contribution in [2.45, 2.75) is 11.3 Å². The summed E-state index contributed by atoms with van der Waals surface area (Å²) in [4.78, 5) is 5.18. The van der Waals surface area contributed by atoms with Gasteiger partial charge in [-0.3, -0.25) is 0 Å². The molecule has 3 rings (SSSR count). The zero-order valence-electron chi connectivity index (χ0n) is 12.0. The number of hydrogen-bond donors (Lipinski definition) is 0. The summed E-state index contributed by atoms with van der Waals surface area (Å²) in [5.41, 5.74) is 3.08. The number of halogens is 2. The lowest BCUT2D eigenvalue weighted by Gasteiger charge is -2.04. The monoisotopic (exact) mass is 464 g/mol. The van der Waals surface area contributed by atoms with Crippen LogP contribution in [0.2, 0.25) is 0 Å². The van der Waals surface area contributed by atoms with Crippen LogP contribution in [0.15, 0.2) is 54.6 Å². The van der Waals surface area contributed by atoms with Crippen LogP contribution in [-0.4, -0.2) is 4.98 Å². The van der Waals surface area contributed by atoms with Crippen molar-refractivity contribution in [3.63, 3.8) is 0 Å². The Kier molecular flexibility index (Phi) is 5.22. The number of hydrogen-bond acceptors (Lipinski definition) is 4. The molecule has 0 aliphatic rings. The number of thioether (sulfide) groups is 1. The summed E-state index contributed by atoms with van der Waals surface area (Å²) in [6.07, 6.45) is 1.88. The molecule has 0 radical (unpaired) electrons. The van der Waals surface area contributed by atoms with E-state index in [1.165, 1.54) is 11.8 Å². The summed E-state index contributed by atoms with van der Waals surface area (Å²) in [7, 11) is 0. The highest BCUT2D eigenvalue weighted by Gasteiger charge is 2.08. The van der Waals surface area contributed by atoms with Crippen molar-refractivity contribution >= 4 is 71.3 Å². The average Bonchev–Trinajstić information content (AvgIpc) is 2.94. The molecule has 0 aliphatic heterocycles. The van der Waals surface area contributed by atoms with Gasteiger partial charge in [-0.25, -0.2) is 4.98 Å². The molecule has 0 saturated heterocycles. The largest absolute Gasteiger partial charge is 0.229 e. The molecule has 1 aromatic heterocycles. The number of nitriles is 1. The molecular formula is C17H10Br2N2S2. The summed E-state index contributed by atoms with van der Waals surface area (Å²) in [6.45, 7) is 2.03. The smallest absolute Gasteiger partial charge is 0.156 e. The van der Waals surface area contributed by atoms with E-state index < -0.39 is 0 Å². The first-order valence-corrected chi connectivity index (χ1v) is 9.89. The minimum atomic E-state index is 0.617. The van der Waals surface area contributed by atoms with E-state index >= 15 is 0 Å². The molecular weight excluding hydrogens is 456 g/mol. The molecule has 0 fully saturated rings. The Hall–Kier alpha value is -1.13. The van der Waals surface area contributed by atoms with E-state index in [0.29, 0.717) is 4.91 Å². The zero-order valence-corrected chi connectivity index (χ0v) is 16.8. The molecule has 1 heterocycles. The van der Waals surface area contributed by atoms with Crippen molar-refractivity contribution in [3.8, 4) is 6.07 Å². The van der Waals surface area contributed by atoms with E-state index in [4.69, 9.17) is 0 Å². The van der Waals surface area contributed by atoms with Crippen molar-refractivity contribution in [3.05, 3.63) is 61.4 Å². The first-order chi connectivity index (χ1) is 11.1. The Morgan fingerprint density at radius 1 is 1.26 bits per heavy atom. The lowest BCUT2D eigenvalue weighted by molar-refractivity contribution is 1.31. The fourth-order valence-electron chi connectivity index (χ4n) is 1.97. The van der Waals surface area contributed by atoms with Crippen LogP contribution in [0.3, 0.4) is 0 Å². The highest BCUT2D eigenvalue weighted by atomic mass is 79.9. The van der Waals surface area contributed by atoms with E-state index in [0.717, 1.165) is 34.6 Å². The van der Waals surface area contributed by atoms with Gasteiger partial charge < -0.3 is 0 Å². The topological polar surface area (TPSA) is 36.7 Å². The molecule has 0 atom stereocenters. The average molecular weight is 466 g/mol. The van der Waals surface area contributed by atoms with Crippen LogP contribution >= 0.6 is 55.0 Å². The maximum atomic E-state index is 9.43. The molecule has 6 heteroatoms. The van der Waals surface area contributed by atoms with E-state index in [1.54, 1.807) is 11.3 Å². The van der Waals surface area contributed by atoms with Crippen molar-refractivity contribution in [2.75, 3.05) is 0 Å². The number of allylic oxidation sites excluding steroid dienone is 1. The van der Waals surface area contributed by atoms with Gasteiger partial charge in [0.2, 0.25) is 0 Å². The van der Waals surface area contributed by atoms with Gasteiger partial charge in [0.15, 0.2) is 4.34 Å². The van der Waals surface area contributed by atoms with E-state index in [-0.39, 0.29) is 0 Å². The van der Waals surface area contributed by atoms with Gasteiger partial charge in [-0.1, -0.05) is 44.0 Å². The van der Waals surface area contributed by atoms with Crippen molar-refractivity contribution in [1.29, 1.82) is 5.26 Å². The normalized spacial score (nSPS) is 11.7. The predicted octanol–water partition coefficient (Wildman–Crippen LogP) is 6.79. The second-order valence-corrected chi connectivity index (χ2v) is 8.81. The van der Waals surface area contributed by atoms with Crippen LogP contribution < -0.4 is 0 Å². The minimum absolute atomic E-state index is 0.617. The lowest BCUT2D eigenvalue weighted by Crippen LogP contribution is -1.82. The standard InChI is InChI=1S/C17H10Br2N2S2/c1-10-13(18)7-11(8-14(10)19)6-12(9-20)22-17-21-15-4-2-3-5-16(15)23-17/h2-8H,1H3. The zero-order chi connectivity index (χ0) is 16.4. The molecule has 0 aliphatic carbocycles. The molecule has 2 aromatic carbocycles. The number of para-hydroxylation sites is 1. The highest BCUT2D eigenvalue weighted by Crippen LogP contribution is 2.35. The minimum Gasteiger partial charge on any atom is -0.229 e. The van der Waals surface area contributed by atoms with Crippen molar-refractivity contribution in [2.24, 2.45) is 0 Å². The predicted molar refractivity (Wildman–Crippen MR) is 106 cm³/mol. The second kappa shape index (κ2) is 7.18. The quantitative estimate of drug-likeness (QED) is 0.315. The SMILES string of the molecule is Cc1c(Br)cc(C=C(C#N)Sc2nc3ccccc3s2)cc1Br. The van der Waals surface area contributed by atoms with Gasteiger partial charge in [-0.05, 0) is 60.2 Å². The van der Waals surface area contributed by atoms with Gasteiger partial charge in [0.05, 0.1) is 15.1 Å². The van der Waals surface area contributed by atoms with Crippen LogP contribution in [0, 0.1) is 18.3 Å². The molecule has 23 heavy (non-hydrogen) atoms. The first-order valence-electron chi connectivity index (χ1n) is 6.67. The fraction of sp³-hybridized carbons (Fsp3) is 0.0588. The van der Waals surface area contributed by atoms with Gasteiger partial charge in [-0.2, -0.15) is 5.26 Å². The molecule has 0 spiro atoms. The Morgan fingerprint density at radius 3 is 2.61 bits per heavy atom. The number of nitrogens with zero attached hydrogens (tertiary/aromatic N) is 2. The Bertz CT molecular complexity index is 899. The summed E-state index contributed by atoms with van der Waals surface area (Å²) in [6, 6.07) is 14.3. The Balaban J connectivity index is 1.92. The van der Waals surface area contributed by atoms with Crippen LogP contribution in [0.5, 0.6) is 0 Å². The van der Waals surface area contributed by atoms with Gasteiger partial charge >= 0.3 is 0 Å². The number of rotatable bonds is 3. The molecule has 0 saturated carbocycles. The summed E-state index contributed by atoms with van der Waals surface area (Å²) in [5, 5.41) is 9.43. The number of benzene rings is 2. The molecule has 2 nitrogen and oxygen atoms in total. The Labute approximate surface area is 159 Å². The summed E-state index contributed by atoms with van der Waals surface area (Å²) < 4.78 is 4.04.